The van der Waals surface area contributed by atoms with E-state index >= 15 is 0 Å². The number of Topliss-reactive ketones (excluding diaryl/α,β-unsaturated/α-hetero) is 1. The van der Waals surface area contributed by atoms with Crippen molar-refractivity contribution in [2.24, 2.45) is 0 Å². The van der Waals surface area contributed by atoms with Crippen molar-refractivity contribution < 1.29 is 4.79 Å². The Morgan fingerprint density at radius 1 is 1.67 bits per heavy atom. The molecule has 1 nitrogen and oxygen atoms in total. The van der Waals surface area contributed by atoms with E-state index in [1.165, 1.54) is 5.54 Å². The molecule has 0 aliphatic heterocycles. The molecule has 52 valence electrons. The molecule has 0 bridgehead atoms. The second kappa shape index (κ2) is 5.83. The lowest BCUT2D eigenvalue weighted by molar-refractivity contribution is -0.118. The Bertz CT molecular complexity index is 107. The lowest BCUT2D eigenvalue weighted by atomic mass is 10.2. The monoisotopic (exact) mass is 146 g/mol. The number of rotatable bonds is 4. The van der Waals surface area contributed by atoms with Gasteiger partial charge in [0.1, 0.15) is 5.78 Å². The highest BCUT2D eigenvalue weighted by molar-refractivity contribution is 6.25. The summed E-state index contributed by atoms with van der Waals surface area (Å²) in [5.74, 6) is 0.296. The minimum Gasteiger partial charge on any atom is -0.300 e. The summed E-state index contributed by atoms with van der Waals surface area (Å²) in [4.78, 5) is 10.6. The Kier molecular flexibility index (Phi) is 5.64. The molecule has 2 heteroatoms. The van der Waals surface area contributed by atoms with Crippen LogP contribution in [0.2, 0.25) is 0 Å². The van der Waals surface area contributed by atoms with Crippen molar-refractivity contribution in [1.82, 2.24) is 0 Å². The average molecular weight is 147 g/mol. The van der Waals surface area contributed by atoms with Crippen LogP contribution in [-0.4, -0.2) is 5.78 Å². The Labute approximate surface area is 60.7 Å². The fourth-order valence-electron chi connectivity index (χ4n) is 0.484. The highest BCUT2D eigenvalue weighted by Gasteiger charge is 1.93. The van der Waals surface area contributed by atoms with Crippen molar-refractivity contribution in [3.63, 3.8) is 0 Å². The summed E-state index contributed by atoms with van der Waals surface area (Å²) < 4.78 is 0. The van der Waals surface area contributed by atoms with Crippen LogP contribution in [-0.2, 0) is 4.79 Å². The first-order valence-electron chi connectivity index (χ1n) is 3.08. The van der Waals surface area contributed by atoms with Crippen LogP contribution in [0, 0.1) is 0 Å². The molecule has 0 saturated carbocycles. The van der Waals surface area contributed by atoms with Crippen molar-refractivity contribution in [3.8, 4) is 0 Å². The molecule has 0 aromatic heterocycles. The van der Waals surface area contributed by atoms with Crippen LogP contribution in [0.3, 0.4) is 0 Å². The van der Waals surface area contributed by atoms with E-state index in [-0.39, 0.29) is 0 Å². The molecule has 0 aromatic carbocycles. The van der Waals surface area contributed by atoms with E-state index in [4.69, 9.17) is 11.6 Å². The molecule has 0 heterocycles. The van der Waals surface area contributed by atoms with Crippen molar-refractivity contribution in [2.75, 3.05) is 0 Å². The van der Waals surface area contributed by atoms with Gasteiger partial charge in [-0.1, -0.05) is 24.6 Å². The van der Waals surface area contributed by atoms with Crippen molar-refractivity contribution in [3.05, 3.63) is 11.6 Å². The van der Waals surface area contributed by atoms with Gasteiger partial charge in [-0.05, 0) is 6.42 Å². The predicted molar refractivity (Wildman–Crippen MR) is 39.5 cm³/mol. The summed E-state index contributed by atoms with van der Waals surface area (Å²) >= 11 is 5.24. The van der Waals surface area contributed by atoms with Gasteiger partial charge in [-0.25, -0.2) is 0 Å². The number of allylic oxidation sites excluding steroid dienone is 1. The fourth-order valence-corrected chi connectivity index (χ4v) is 0.610. The Morgan fingerprint density at radius 2 is 2.33 bits per heavy atom. The first kappa shape index (κ1) is 8.70. The second-order valence-electron chi connectivity index (χ2n) is 1.79. The SMILES string of the molecule is CCC(=O)CC/C=C/Cl. The first-order chi connectivity index (χ1) is 4.31. The summed E-state index contributed by atoms with van der Waals surface area (Å²) in [6, 6.07) is 0. The molecule has 0 fully saturated rings. The fraction of sp³-hybridized carbons (Fsp3) is 0.571. The summed E-state index contributed by atoms with van der Waals surface area (Å²) in [5.41, 5.74) is 1.45. The maximum absolute atomic E-state index is 10.6. The predicted octanol–water partition coefficient (Wildman–Crippen LogP) is 2.50. The van der Waals surface area contributed by atoms with Gasteiger partial charge >= 0.3 is 0 Å². The minimum atomic E-state index is 0.296. The third kappa shape index (κ3) is 5.57. The van der Waals surface area contributed by atoms with Gasteiger partial charge < -0.3 is 0 Å². The van der Waals surface area contributed by atoms with Crippen LogP contribution >= 0.6 is 11.6 Å². The van der Waals surface area contributed by atoms with Gasteiger partial charge in [0.2, 0.25) is 0 Å². The second-order valence-corrected chi connectivity index (χ2v) is 2.04. The lowest BCUT2D eigenvalue weighted by Crippen LogP contribution is -1.91. The lowest BCUT2D eigenvalue weighted by Gasteiger charge is -1.89. The van der Waals surface area contributed by atoms with Gasteiger partial charge in [0.05, 0.1) is 0 Å². The van der Waals surface area contributed by atoms with Crippen molar-refractivity contribution in [2.45, 2.75) is 26.2 Å². The maximum atomic E-state index is 10.6. The molecule has 0 radical (unpaired) electrons. The van der Waals surface area contributed by atoms with Crippen LogP contribution in [0.4, 0.5) is 0 Å². The molecule has 0 atom stereocenters. The van der Waals surface area contributed by atoms with Crippen LogP contribution in [0.5, 0.6) is 0 Å². The highest BCUT2D eigenvalue weighted by atomic mass is 35.5. The summed E-state index contributed by atoms with van der Waals surface area (Å²) in [5, 5.41) is 0. The van der Waals surface area contributed by atoms with Crippen LogP contribution in [0.15, 0.2) is 11.6 Å². The molecule has 0 unspecified atom stereocenters. The van der Waals surface area contributed by atoms with Crippen molar-refractivity contribution >= 4 is 17.4 Å². The highest BCUT2D eigenvalue weighted by Crippen LogP contribution is 1.95. The molecule has 0 amide bonds. The molecular formula is C7H11ClO. The molecule has 0 spiro atoms. The zero-order chi connectivity index (χ0) is 7.11. The molecule has 0 aromatic rings. The van der Waals surface area contributed by atoms with Gasteiger partial charge in [0.15, 0.2) is 0 Å². The molecule has 0 aliphatic rings. The summed E-state index contributed by atoms with van der Waals surface area (Å²) in [7, 11) is 0. The minimum absolute atomic E-state index is 0.296. The van der Waals surface area contributed by atoms with Gasteiger partial charge in [-0.2, -0.15) is 0 Å². The molecule has 0 rings (SSSR count). The van der Waals surface area contributed by atoms with E-state index in [1.807, 2.05) is 6.92 Å². The molecule has 9 heavy (non-hydrogen) atoms. The third-order valence-electron chi connectivity index (χ3n) is 1.07. The molecular weight excluding hydrogens is 136 g/mol. The van der Waals surface area contributed by atoms with E-state index < -0.39 is 0 Å². The number of carbonyl (C=O) groups excluding carboxylic acids is 1. The van der Waals surface area contributed by atoms with Crippen molar-refractivity contribution in [1.29, 1.82) is 0 Å². The van der Waals surface area contributed by atoms with E-state index in [2.05, 4.69) is 0 Å². The Balaban J connectivity index is 3.17. The summed E-state index contributed by atoms with van der Waals surface area (Å²) in [6.07, 6.45) is 3.82. The topological polar surface area (TPSA) is 17.1 Å². The molecule has 0 N–H and O–H groups in total. The molecule has 0 aliphatic carbocycles. The maximum Gasteiger partial charge on any atom is 0.132 e. The van der Waals surface area contributed by atoms with E-state index in [0.29, 0.717) is 18.6 Å². The van der Waals surface area contributed by atoms with E-state index in [1.54, 1.807) is 6.08 Å². The standard InChI is InChI=1S/C7H11ClO/c1-2-7(9)5-3-4-6-8/h4,6H,2-3,5H2,1H3/b6-4+. The number of carbonyl (C=O) groups is 1. The van der Waals surface area contributed by atoms with Gasteiger partial charge in [-0.3, -0.25) is 4.79 Å². The average Bonchev–Trinajstić information content (AvgIpc) is 1.89. The van der Waals surface area contributed by atoms with Crippen LogP contribution in [0.1, 0.15) is 26.2 Å². The van der Waals surface area contributed by atoms with Crippen LogP contribution < -0.4 is 0 Å². The third-order valence-corrected chi connectivity index (χ3v) is 1.25. The summed E-state index contributed by atoms with van der Waals surface area (Å²) in [6.45, 7) is 1.87. The van der Waals surface area contributed by atoms with Gasteiger partial charge in [-0.15, -0.1) is 0 Å². The smallest absolute Gasteiger partial charge is 0.132 e. The zero-order valence-electron chi connectivity index (χ0n) is 5.56. The molecule has 0 saturated heterocycles. The number of ketones is 1. The normalized spacial score (nSPS) is 10.4. The number of halogens is 1. The van der Waals surface area contributed by atoms with E-state index in [9.17, 15) is 4.79 Å². The number of hydrogen-bond donors (Lipinski definition) is 0. The quantitative estimate of drug-likeness (QED) is 0.596. The van der Waals surface area contributed by atoms with Crippen LogP contribution in [0.25, 0.3) is 0 Å². The Morgan fingerprint density at radius 3 is 2.78 bits per heavy atom. The zero-order valence-corrected chi connectivity index (χ0v) is 6.32. The largest absolute Gasteiger partial charge is 0.300 e. The Hall–Kier alpha value is -0.300. The van der Waals surface area contributed by atoms with Gasteiger partial charge in [0, 0.05) is 18.4 Å². The van der Waals surface area contributed by atoms with E-state index in [0.717, 1.165) is 6.42 Å². The number of hydrogen-bond acceptors (Lipinski definition) is 1. The van der Waals surface area contributed by atoms with Gasteiger partial charge in [0.25, 0.3) is 0 Å². The first-order valence-corrected chi connectivity index (χ1v) is 3.51.